The van der Waals surface area contributed by atoms with E-state index in [1.54, 1.807) is 29.3 Å². The third-order valence-electron chi connectivity index (χ3n) is 2.66. The summed E-state index contributed by atoms with van der Waals surface area (Å²) in [4.78, 5) is 8.93. The lowest BCUT2D eigenvalue weighted by Gasteiger charge is -1.99. The molecule has 100 valence electrons. The molecule has 5 heteroatoms. The van der Waals surface area contributed by atoms with Gasteiger partial charge in [0, 0.05) is 22.9 Å². The van der Waals surface area contributed by atoms with E-state index in [4.69, 9.17) is 11.6 Å². The van der Waals surface area contributed by atoms with Crippen molar-refractivity contribution in [2.24, 2.45) is 0 Å². The van der Waals surface area contributed by atoms with Crippen LogP contribution in [0.1, 0.15) is 5.69 Å². The highest BCUT2D eigenvalue weighted by atomic mass is 35.5. The summed E-state index contributed by atoms with van der Waals surface area (Å²) in [6, 6.07) is 13.7. The van der Waals surface area contributed by atoms with Crippen molar-refractivity contribution in [2.45, 2.75) is 10.8 Å². The molecule has 0 unspecified atom stereocenters. The van der Waals surface area contributed by atoms with Gasteiger partial charge < -0.3 is 0 Å². The molecule has 2 nitrogen and oxygen atoms in total. The predicted molar refractivity (Wildman–Crippen MR) is 86.4 cm³/mol. The van der Waals surface area contributed by atoms with Gasteiger partial charge in [-0.3, -0.25) is 0 Å². The third-order valence-corrected chi connectivity index (χ3v) is 4.89. The maximum absolute atomic E-state index is 6.19. The molecule has 0 atom stereocenters. The molecule has 0 aliphatic heterocycles. The minimum atomic E-state index is 0.741. The molecule has 20 heavy (non-hydrogen) atoms. The highest BCUT2D eigenvalue weighted by Crippen LogP contribution is 2.31. The molecule has 0 fully saturated rings. The Morgan fingerprint density at radius 2 is 1.95 bits per heavy atom. The normalized spacial score (nSPS) is 10.7. The monoisotopic (exact) mass is 318 g/mol. The van der Waals surface area contributed by atoms with Crippen molar-refractivity contribution in [2.75, 3.05) is 0 Å². The third kappa shape index (κ3) is 3.20. The van der Waals surface area contributed by atoms with Crippen molar-refractivity contribution in [1.82, 2.24) is 9.97 Å². The molecule has 1 aromatic carbocycles. The van der Waals surface area contributed by atoms with Crippen molar-refractivity contribution in [1.29, 1.82) is 0 Å². The van der Waals surface area contributed by atoms with E-state index in [1.165, 1.54) is 0 Å². The van der Waals surface area contributed by atoms with Crippen LogP contribution < -0.4 is 0 Å². The number of benzene rings is 1. The summed E-state index contributed by atoms with van der Waals surface area (Å²) in [5.41, 5.74) is 2.05. The minimum absolute atomic E-state index is 0.741. The second-order valence-corrected chi connectivity index (χ2v) is 6.34. The summed E-state index contributed by atoms with van der Waals surface area (Å²) in [5.74, 6) is 0.817. The van der Waals surface area contributed by atoms with Crippen molar-refractivity contribution < 1.29 is 0 Å². The van der Waals surface area contributed by atoms with Crippen LogP contribution in [0.15, 0.2) is 59.1 Å². The van der Waals surface area contributed by atoms with Crippen LogP contribution >= 0.6 is 34.7 Å². The van der Waals surface area contributed by atoms with Gasteiger partial charge in [-0.05, 0) is 18.2 Å². The Kier molecular flexibility index (Phi) is 4.35. The van der Waals surface area contributed by atoms with Gasteiger partial charge in [-0.15, -0.1) is 23.1 Å². The first-order valence-electron chi connectivity index (χ1n) is 6.06. The molecule has 0 aliphatic rings. The smallest absolute Gasteiger partial charge is 0.125 e. The summed E-state index contributed by atoms with van der Waals surface area (Å²) in [5, 5.41) is 4.80. The minimum Gasteiger partial charge on any atom is -0.250 e. The Morgan fingerprint density at radius 1 is 1.10 bits per heavy atom. The number of nitrogens with zero attached hydrogens (tertiary/aromatic N) is 2. The Balaban J connectivity index is 1.73. The molecule has 0 spiro atoms. The Bertz CT molecular complexity index is 698. The molecule has 0 radical (unpaired) electrons. The zero-order chi connectivity index (χ0) is 13.8. The number of thiazole rings is 1. The van der Waals surface area contributed by atoms with Crippen LogP contribution in [0.2, 0.25) is 5.02 Å². The van der Waals surface area contributed by atoms with Gasteiger partial charge in [0.05, 0.1) is 15.7 Å². The van der Waals surface area contributed by atoms with E-state index < -0.39 is 0 Å². The second kappa shape index (κ2) is 6.39. The molecule has 0 bridgehead atoms. The van der Waals surface area contributed by atoms with Gasteiger partial charge in [0.2, 0.25) is 0 Å². The fraction of sp³-hybridized carbons (Fsp3) is 0.0667. The van der Waals surface area contributed by atoms with Crippen LogP contribution in [0.25, 0.3) is 10.6 Å². The molecule has 3 aromatic rings. The molecule has 0 amide bonds. The average Bonchev–Trinajstić information content (AvgIpc) is 2.95. The summed E-state index contributed by atoms with van der Waals surface area (Å²) >= 11 is 9.50. The van der Waals surface area contributed by atoms with Crippen LogP contribution in [0.5, 0.6) is 0 Å². The highest BCUT2D eigenvalue weighted by molar-refractivity contribution is 7.98. The van der Waals surface area contributed by atoms with Crippen molar-refractivity contribution in [3.63, 3.8) is 0 Å². The fourth-order valence-electron chi connectivity index (χ4n) is 1.71. The van der Waals surface area contributed by atoms with Crippen LogP contribution in [-0.2, 0) is 5.75 Å². The van der Waals surface area contributed by atoms with Gasteiger partial charge in [-0.1, -0.05) is 35.9 Å². The van der Waals surface area contributed by atoms with E-state index in [2.05, 4.69) is 15.3 Å². The Labute approximate surface area is 130 Å². The zero-order valence-corrected chi connectivity index (χ0v) is 12.9. The number of pyridine rings is 1. The molecule has 3 rings (SSSR count). The summed E-state index contributed by atoms with van der Waals surface area (Å²) in [7, 11) is 0. The first-order chi connectivity index (χ1) is 9.83. The number of halogens is 1. The summed E-state index contributed by atoms with van der Waals surface area (Å²) < 4.78 is 0. The first kappa shape index (κ1) is 13.6. The zero-order valence-electron chi connectivity index (χ0n) is 10.5. The van der Waals surface area contributed by atoms with E-state index in [0.717, 1.165) is 32.1 Å². The molecule has 0 saturated heterocycles. The lowest BCUT2D eigenvalue weighted by molar-refractivity contribution is 1.12. The van der Waals surface area contributed by atoms with Gasteiger partial charge >= 0.3 is 0 Å². The van der Waals surface area contributed by atoms with Crippen molar-refractivity contribution in [3.8, 4) is 10.6 Å². The van der Waals surface area contributed by atoms with Gasteiger partial charge in [-0.2, -0.15) is 0 Å². The summed E-state index contributed by atoms with van der Waals surface area (Å²) in [6.45, 7) is 0. The first-order valence-corrected chi connectivity index (χ1v) is 8.30. The molecule has 2 aromatic heterocycles. The van der Waals surface area contributed by atoms with E-state index in [1.807, 2.05) is 42.5 Å². The molecular weight excluding hydrogens is 308 g/mol. The van der Waals surface area contributed by atoms with Crippen LogP contribution in [0.3, 0.4) is 0 Å². The van der Waals surface area contributed by atoms with Gasteiger partial charge in [0.1, 0.15) is 5.01 Å². The largest absolute Gasteiger partial charge is 0.250 e. The number of hydrogen-bond acceptors (Lipinski definition) is 4. The van der Waals surface area contributed by atoms with E-state index in [9.17, 15) is 0 Å². The van der Waals surface area contributed by atoms with Gasteiger partial charge in [-0.25, -0.2) is 9.97 Å². The van der Waals surface area contributed by atoms with Gasteiger partial charge in [0.15, 0.2) is 0 Å². The Hall–Kier alpha value is -1.36. The van der Waals surface area contributed by atoms with E-state index in [0.29, 0.717) is 0 Å². The maximum Gasteiger partial charge on any atom is 0.125 e. The van der Waals surface area contributed by atoms with Crippen LogP contribution in [-0.4, -0.2) is 9.97 Å². The van der Waals surface area contributed by atoms with Crippen LogP contribution in [0, 0.1) is 0 Å². The van der Waals surface area contributed by atoms with E-state index >= 15 is 0 Å². The maximum atomic E-state index is 6.19. The van der Waals surface area contributed by atoms with Crippen molar-refractivity contribution >= 4 is 34.7 Å². The number of thioether (sulfide) groups is 1. The summed E-state index contributed by atoms with van der Waals surface area (Å²) in [6.07, 6.45) is 1.80. The molecule has 0 saturated carbocycles. The fourth-order valence-corrected chi connectivity index (χ4v) is 3.71. The van der Waals surface area contributed by atoms with E-state index in [-0.39, 0.29) is 0 Å². The van der Waals surface area contributed by atoms with Crippen LogP contribution in [0.4, 0.5) is 0 Å². The van der Waals surface area contributed by atoms with Gasteiger partial charge in [0.25, 0.3) is 0 Å². The SMILES string of the molecule is Clc1ccccc1-c1nc(CSc2ccccn2)cs1. The quantitative estimate of drug-likeness (QED) is 0.622. The lowest BCUT2D eigenvalue weighted by Crippen LogP contribution is -1.84. The molecular formula is C15H11ClN2S2. The number of rotatable bonds is 4. The predicted octanol–water partition coefficient (Wildman–Crippen LogP) is 5.15. The van der Waals surface area contributed by atoms with Crippen molar-refractivity contribution in [3.05, 3.63) is 64.8 Å². The topological polar surface area (TPSA) is 25.8 Å². The molecule has 0 N–H and O–H groups in total. The Morgan fingerprint density at radius 3 is 2.75 bits per heavy atom. The number of hydrogen-bond donors (Lipinski definition) is 0. The molecule has 0 aliphatic carbocycles. The standard InChI is InChI=1S/C15H11ClN2S2/c16-13-6-2-1-5-12(13)15-18-11(10-20-15)9-19-14-7-3-4-8-17-14/h1-8,10H,9H2. The lowest BCUT2D eigenvalue weighted by atomic mass is 10.2. The number of aromatic nitrogens is 2. The second-order valence-electron chi connectivity index (χ2n) is 4.08. The average molecular weight is 319 g/mol. The highest BCUT2D eigenvalue weighted by Gasteiger charge is 2.08. The molecule has 2 heterocycles.